The first kappa shape index (κ1) is 4.09. The fraction of sp³-hybridized carbons (Fsp3) is 1.00. The largest absolute Gasteiger partial charge is 0.371 e. The van der Waals surface area contributed by atoms with Crippen molar-refractivity contribution in [2.24, 2.45) is 0 Å². The van der Waals surface area contributed by atoms with Gasteiger partial charge in [-0.15, -0.1) is 0 Å². The Balaban J connectivity index is 1.88. The SMILES string of the molecule is OCOC1CC1. The van der Waals surface area contributed by atoms with Crippen molar-refractivity contribution in [3.05, 3.63) is 0 Å². The minimum absolute atomic E-state index is 0.106. The average Bonchev–Trinajstić information content (AvgIpc) is 2.21. The molecule has 36 valence electrons. The van der Waals surface area contributed by atoms with Crippen LogP contribution >= 0.6 is 0 Å². The van der Waals surface area contributed by atoms with Crippen LogP contribution in [0.1, 0.15) is 12.8 Å². The second-order valence-electron chi connectivity index (χ2n) is 1.50. The third kappa shape index (κ3) is 0.954. The molecule has 0 saturated heterocycles. The summed E-state index contributed by atoms with van der Waals surface area (Å²) in [7, 11) is 0. The summed E-state index contributed by atoms with van der Waals surface area (Å²) < 4.78 is 4.71. The van der Waals surface area contributed by atoms with Crippen LogP contribution in [0.2, 0.25) is 0 Å². The topological polar surface area (TPSA) is 29.5 Å². The van der Waals surface area contributed by atoms with E-state index in [0.717, 1.165) is 12.8 Å². The van der Waals surface area contributed by atoms with Crippen molar-refractivity contribution in [2.45, 2.75) is 18.9 Å². The molecule has 0 spiro atoms. The first-order chi connectivity index (χ1) is 2.93. The van der Waals surface area contributed by atoms with Gasteiger partial charge in [0.25, 0.3) is 0 Å². The highest BCUT2D eigenvalue weighted by molar-refractivity contribution is 4.71. The quantitative estimate of drug-likeness (QED) is 0.485. The molecule has 6 heavy (non-hydrogen) atoms. The van der Waals surface area contributed by atoms with Crippen molar-refractivity contribution in [3.63, 3.8) is 0 Å². The molecule has 2 nitrogen and oxygen atoms in total. The molecule has 0 aliphatic heterocycles. The van der Waals surface area contributed by atoms with E-state index in [2.05, 4.69) is 0 Å². The number of ether oxygens (including phenoxy) is 1. The molecule has 0 aromatic carbocycles. The molecule has 1 saturated carbocycles. The van der Waals surface area contributed by atoms with Gasteiger partial charge >= 0.3 is 0 Å². The van der Waals surface area contributed by atoms with Crippen molar-refractivity contribution < 1.29 is 9.84 Å². The van der Waals surface area contributed by atoms with Gasteiger partial charge in [0.05, 0.1) is 6.10 Å². The van der Waals surface area contributed by atoms with Gasteiger partial charge < -0.3 is 9.84 Å². The summed E-state index contributed by atoms with van der Waals surface area (Å²) in [5.41, 5.74) is 0. The molecule has 0 radical (unpaired) electrons. The zero-order valence-electron chi connectivity index (χ0n) is 3.55. The average molecular weight is 88.1 g/mol. The molecule has 0 atom stereocenters. The fourth-order valence-electron chi connectivity index (χ4n) is 0.340. The third-order valence-corrected chi connectivity index (χ3v) is 0.835. The van der Waals surface area contributed by atoms with E-state index in [9.17, 15) is 0 Å². The molecule has 0 heterocycles. The van der Waals surface area contributed by atoms with Crippen molar-refractivity contribution in [1.82, 2.24) is 0 Å². The lowest BCUT2D eigenvalue weighted by Crippen LogP contribution is -1.92. The summed E-state index contributed by atoms with van der Waals surface area (Å²) in [5.74, 6) is 0. The van der Waals surface area contributed by atoms with Crippen LogP contribution in [0.5, 0.6) is 0 Å². The molecule has 1 aliphatic rings. The van der Waals surface area contributed by atoms with Crippen LogP contribution in [0.15, 0.2) is 0 Å². The van der Waals surface area contributed by atoms with E-state index in [0.29, 0.717) is 6.10 Å². The molecule has 0 unspecified atom stereocenters. The van der Waals surface area contributed by atoms with Gasteiger partial charge in [-0.05, 0) is 12.8 Å². The van der Waals surface area contributed by atoms with Crippen molar-refractivity contribution in [1.29, 1.82) is 0 Å². The summed E-state index contributed by atoms with van der Waals surface area (Å²) in [4.78, 5) is 0. The Morgan fingerprint density at radius 2 is 2.33 bits per heavy atom. The van der Waals surface area contributed by atoms with Crippen LogP contribution in [0.3, 0.4) is 0 Å². The smallest absolute Gasteiger partial charge is 0.143 e. The van der Waals surface area contributed by atoms with E-state index in [1.54, 1.807) is 0 Å². The molecule has 1 rings (SSSR count). The standard InChI is InChI=1S/C4H8O2/c5-3-6-4-1-2-4/h4-5H,1-3H2. The maximum absolute atomic E-state index is 8.05. The molecule has 0 bridgehead atoms. The molecule has 1 fully saturated rings. The van der Waals surface area contributed by atoms with Crippen molar-refractivity contribution in [2.75, 3.05) is 6.79 Å². The molecule has 0 aromatic rings. The van der Waals surface area contributed by atoms with Gasteiger partial charge in [0.2, 0.25) is 0 Å². The van der Waals surface area contributed by atoms with Crippen LogP contribution in [-0.4, -0.2) is 18.0 Å². The Labute approximate surface area is 36.7 Å². The Kier molecular flexibility index (Phi) is 1.08. The molecule has 0 amide bonds. The lowest BCUT2D eigenvalue weighted by molar-refractivity contribution is -0.0113. The highest BCUT2D eigenvalue weighted by Gasteiger charge is 2.20. The predicted molar refractivity (Wildman–Crippen MR) is 21.2 cm³/mol. The highest BCUT2D eigenvalue weighted by Crippen LogP contribution is 2.22. The fourth-order valence-corrected chi connectivity index (χ4v) is 0.340. The van der Waals surface area contributed by atoms with Gasteiger partial charge in [0, 0.05) is 0 Å². The van der Waals surface area contributed by atoms with E-state index < -0.39 is 0 Å². The van der Waals surface area contributed by atoms with Crippen LogP contribution in [0, 0.1) is 0 Å². The van der Waals surface area contributed by atoms with E-state index >= 15 is 0 Å². The van der Waals surface area contributed by atoms with Gasteiger partial charge in [-0.1, -0.05) is 0 Å². The van der Waals surface area contributed by atoms with Crippen LogP contribution < -0.4 is 0 Å². The maximum Gasteiger partial charge on any atom is 0.143 e. The van der Waals surface area contributed by atoms with Gasteiger partial charge in [-0.3, -0.25) is 0 Å². The number of aliphatic hydroxyl groups is 1. The second kappa shape index (κ2) is 1.58. The van der Waals surface area contributed by atoms with Gasteiger partial charge in [0.1, 0.15) is 6.79 Å². The minimum atomic E-state index is -0.106. The normalized spacial score (nSPS) is 21.5. The minimum Gasteiger partial charge on any atom is -0.371 e. The number of hydrogen-bond donors (Lipinski definition) is 1. The van der Waals surface area contributed by atoms with Crippen molar-refractivity contribution in [3.8, 4) is 0 Å². The lowest BCUT2D eigenvalue weighted by Gasteiger charge is -1.88. The van der Waals surface area contributed by atoms with Crippen LogP contribution in [-0.2, 0) is 4.74 Å². The summed E-state index contributed by atoms with van der Waals surface area (Å²) >= 11 is 0. The van der Waals surface area contributed by atoms with Crippen molar-refractivity contribution >= 4 is 0 Å². The summed E-state index contributed by atoms with van der Waals surface area (Å²) in [6, 6.07) is 0. The van der Waals surface area contributed by atoms with Gasteiger partial charge in [-0.25, -0.2) is 0 Å². The van der Waals surface area contributed by atoms with E-state index in [-0.39, 0.29) is 6.79 Å². The number of aliphatic hydroxyl groups excluding tert-OH is 1. The van der Waals surface area contributed by atoms with E-state index in [1.807, 2.05) is 0 Å². The first-order valence-electron chi connectivity index (χ1n) is 2.16. The van der Waals surface area contributed by atoms with Crippen LogP contribution in [0.25, 0.3) is 0 Å². The highest BCUT2D eigenvalue weighted by atomic mass is 16.6. The predicted octanol–water partition coefficient (Wildman–Crippen LogP) is 0.115. The molecule has 1 aliphatic carbocycles. The van der Waals surface area contributed by atoms with Gasteiger partial charge in [0.15, 0.2) is 0 Å². The van der Waals surface area contributed by atoms with E-state index in [1.165, 1.54) is 0 Å². The Morgan fingerprint density at radius 3 is 2.50 bits per heavy atom. The second-order valence-corrected chi connectivity index (χ2v) is 1.50. The number of hydrogen-bond acceptors (Lipinski definition) is 2. The summed E-state index contributed by atoms with van der Waals surface area (Å²) in [5, 5.41) is 8.05. The monoisotopic (exact) mass is 88.1 g/mol. The van der Waals surface area contributed by atoms with E-state index in [4.69, 9.17) is 9.84 Å². The third-order valence-electron chi connectivity index (χ3n) is 0.835. The van der Waals surface area contributed by atoms with Gasteiger partial charge in [-0.2, -0.15) is 0 Å². The number of rotatable bonds is 2. The molecule has 0 aromatic heterocycles. The zero-order chi connectivity index (χ0) is 4.41. The molecular weight excluding hydrogens is 80.0 g/mol. The molecular formula is C4H8O2. The van der Waals surface area contributed by atoms with Crippen LogP contribution in [0.4, 0.5) is 0 Å². The molecule has 1 N–H and O–H groups in total. The lowest BCUT2D eigenvalue weighted by atomic mass is 10.8. The summed E-state index contributed by atoms with van der Waals surface area (Å²) in [6.07, 6.45) is 2.68. The Hall–Kier alpha value is -0.0800. The molecule has 2 heteroatoms. The first-order valence-corrected chi connectivity index (χ1v) is 2.16. The Bertz CT molecular complexity index is 40.8. The maximum atomic E-state index is 8.05. The zero-order valence-corrected chi connectivity index (χ0v) is 3.55. The Morgan fingerprint density at radius 1 is 1.67 bits per heavy atom. The summed E-state index contributed by atoms with van der Waals surface area (Å²) in [6.45, 7) is -0.106.